The van der Waals surface area contributed by atoms with Gasteiger partial charge in [-0.2, -0.15) is 5.10 Å². The quantitative estimate of drug-likeness (QED) is 0.418. The maximum Gasteiger partial charge on any atom is 0.254 e. The molecule has 1 aliphatic heterocycles. The normalized spacial score (nSPS) is 14.9. The maximum absolute atomic E-state index is 13.2. The summed E-state index contributed by atoms with van der Waals surface area (Å²) in [6.45, 7) is 5.73. The number of amides is 1. The number of rotatable bonds is 7. The van der Waals surface area contributed by atoms with E-state index in [1.54, 1.807) is 22.8 Å². The topological polar surface area (TPSA) is 62.5 Å². The largest absolute Gasteiger partial charge is 0.352 e. The highest BCUT2D eigenvalue weighted by Gasteiger charge is 2.20. The lowest BCUT2D eigenvalue weighted by Crippen LogP contribution is -2.35. The van der Waals surface area contributed by atoms with Crippen molar-refractivity contribution >= 4 is 11.6 Å². The van der Waals surface area contributed by atoms with Gasteiger partial charge in [0, 0.05) is 30.9 Å². The van der Waals surface area contributed by atoms with Gasteiger partial charge >= 0.3 is 0 Å². The molecular formula is C28H30FN5O. The van der Waals surface area contributed by atoms with Crippen LogP contribution >= 0.6 is 0 Å². The van der Waals surface area contributed by atoms with Gasteiger partial charge < -0.3 is 5.32 Å². The minimum Gasteiger partial charge on any atom is -0.352 e. The van der Waals surface area contributed by atoms with Crippen LogP contribution in [0.1, 0.15) is 40.9 Å². The summed E-state index contributed by atoms with van der Waals surface area (Å²) in [5.41, 5.74) is 4.76. The number of likely N-dealkylation sites (tertiary alicyclic amines) is 1. The van der Waals surface area contributed by atoms with E-state index in [9.17, 15) is 9.18 Å². The van der Waals surface area contributed by atoms with Crippen molar-refractivity contribution in [3.05, 3.63) is 89.5 Å². The highest BCUT2D eigenvalue weighted by molar-refractivity contribution is 5.95. The summed E-state index contributed by atoms with van der Waals surface area (Å²) in [5.74, 6) is 0.217. The van der Waals surface area contributed by atoms with E-state index in [0.29, 0.717) is 29.4 Å². The van der Waals surface area contributed by atoms with Gasteiger partial charge in [0.2, 0.25) is 0 Å². The Morgan fingerprint density at radius 2 is 1.83 bits per heavy atom. The van der Waals surface area contributed by atoms with Gasteiger partial charge in [-0.05, 0) is 75.0 Å². The summed E-state index contributed by atoms with van der Waals surface area (Å²) < 4.78 is 14.9. The number of piperidine rings is 1. The average Bonchev–Trinajstić information content (AvgIpc) is 3.32. The smallest absolute Gasteiger partial charge is 0.254 e. The van der Waals surface area contributed by atoms with Gasteiger partial charge in [-0.3, -0.25) is 9.69 Å². The van der Waals surface area contributed by atoms with Crippen LogP contribution in [0.25, 0.3) is 16.9 Å². The average molecular weight is 472 g/mol. The van der Waals surface area contributed by atoms with Gasteiger partial charge in [0.1, 0.15) is 5.82 Å². The van der Waals surface area contributed by atoms with E-state index in [1.165, 1.54) is 17.7 Å². The molecule has 0 saturated carbocycles. The molecule has 0 aliphatic carbocycles. The standard InChI is InChI=1S/C28H30FN5O/c1-20-25(18-31-27-17-26(32-34(20)27)23-7-9-24(29)10-8-23)28(35)30-14-11-21-12-15-33(16-13-21)19-22-5-3-2-4-6-22/h2-10,17-18,21H,11-16,19H2,1H3,(H,30,35). The van der Waals surface area contributed by atoms with E-state index < -0.39 is 0 Å². The molecule has 1 saturated heterocycles. The summed E-state index contributed by atoms with van der Waals surface area (Å²) in [4.78, 5) is 19.8. The summed E-state index contributed by atoms with van der Waals surface area (Å²) in [5, 5.41) is 7.67. The number of hydrogen-bond donors (Lipinski definition) is 1. The first kappa shape index (κ1) is 23.2. The van der Waals surface area contributed by atoms with Crippen LogP contribution in [0.4, 0.5) is 4.39 Å². The number of hydrogen-bond acceptors (Lipinski definition) is 4. The molecule has 7 heteroatoms. The number of carbonyl (C=O) groups excluding carboxylic acids is 1. The lowest BCUT2D eigenvalue weighted by atomic mass is 9.93. The Labute approximate surface area is 204 Å². The second-order valence-electron chi connectivity index (χ2n) is 9.31. The van der Waals surface area contributed by atoms with Crippen LogP contribution in [0.3, 0.4) is 0 Å². The first-order valence-corrected chi connectivity index (χ1v) is 12.2. The highest BCUT2D eigenvalue weighted by atomic mass is 19.1. The Balaban J connectivity index is 1.14. The van der Waals surface area contributed by atoms with E-state index in [-0.39, 0.29) is 11.7 Å². The highest BCUT2D eigenvalue weighted by Crippen LogP contribution is 2.23. The molecule has 180 valence electrons. The van der Waals surface area contributed by atoms with Crippen molar-refractivity contribution in [1.29, 1.82) is 0 Å². The Kier molecular flexibility index (Phi) is 6.86. The Morgan fingerprint density at radius 1 is 1.09 bits per heavy atom. The molecule has 5 rings (SSSR count). The molecule has 0 unspecified atom stereocenters. The minimum atomic E-state index is -0.288. The summed E-state index contributed by atoms with van der Waals surface area (Å²) >= 11 is 0. The van der Waals surface area contributed by atoms with Crippen LogP contribution in [0, 0.1) is 18.7 Å². The van der Waals surface area contributed by atoms with Crippen molar-refractivity contribution in [2.45, 2.75) is 32.7 Å². The van der Waals surface area contributed by atoms with E-state index in [2.05, 4.69) is 50.6 Å². The minimum absolute atomic E-state index is 0.128. The van der Waals surface area contributed by atoms with Gasteiger partial charge in [0.25, 0.3) is 5.91 Å². The molecule has 1 aliphatic rings. The van der Waals surface area contributed by atoms with Gasteiger partial charge in [-0.15, -0.1) is 0 Å². The van der Waals surface area contributed by atoms with Crippen LogP contribution < -0.4 is 5.32 Å². The van der Waals surface area contributed by atoms with Gasteiger partial charge in [-0.25, -0.2) is 13.9 Å². The van der Waals surface area contributed by atoms with Crippen LogP contribution in [-0.4, -0.2) is 45.0 Å². The fourth-order valence-electron chi connectivity index (χ4n) is 4.79. The Morgan fingerprint density at radius 3 is 2.57 bits per heavy atom. The number of carbonyl (C=O) groups is 1. The first-order chi connectivity index (χ1) is 17.1. The van der Waals surface area contributed by atoms with Crippen LogP contribution in [-0.2, 0) is 6.54 Å². The number of halogens is 1. The number of aromatic nitrogens is 3. The number of aryl methyl sites for hydroxylation is 1. The van der Waals surface area contributed by atoms with Gasteiger partial charge in [0.15, 0.2) is 5.65 Å². The molecular weight excluding hydrogens is 441 g/mol. The zero-order chi connectivity index (χ0) is 24.2. The lowest BCUT2D eigenvalue weighted by molar-refractivity contribution is 0.0946. The van der Waals surface area contributed by atoms with Crippen LogP contribution in [0.2, 0.25) is 0 Å². The van der Waals surface area contributed by atoms with Crippen LogP contribution in [0.15, 0.2) is 66.9 Å². The summed E-state index contributed by atoms with van der Waals surface area (Å²) in [7, 11) is 0. The summed E-state index contributed by atoms with van der Waals surface area (Å²) in [6, 6.07) is 18.6. The van der Waals surface area contributed by atoms with Crippen molar-refractivity contribution in [1.82, 2.24) is 24.8 Å². The first-order valence-electron chi connectivity index (χ1n) is 12.2. The lowest BCUT2D eigenvalue weighted by Gasteiger charge is -2.32. The molecule has 1 fully saturated rings. The van der Waals surface area contributed by atoms with E-state index in [0.717, 1.165) is 50.2 Å². The predicted molar refractivity (Wildman–Crippen MR) is 135 cm³/mol. The SMILES string of the molecule is Cc1c(C(=O)NCCC2CCN(Cc3ccccc3)CC2)cnc2cc(-c3ccc(F)cc3)nn12. The zero-order valence-electron chi connectivity index (χ0n) is 20.0. The fourth-order valence-corrected chi connectivity index (χ4v) is 4.79. The number of nitrogens with one attached hydrogen (secondary N) is 1. The molecule has 2 aromatic heterocycles. The Hall–Kier alpha value is -3.58. The maximum atomic E-state index is 13.2. The number of fused-ring (bicyclic) bond motifs is 1. The molecule has 0 spiro atoms. The molecule has 4 aromatic rings. The van der Waals surface area contributed by atoms with Crippen molar-refractivity contribution in [3.8, 4) is 11.3 Å². The van der Waals surface area contributed by atoms with E-state index in [4.69, 9.17) is 0 Å². The molecule has 2 aromatic carbocycles. The molecule has 1 N–H and O–H groups in total. The Bertz CT molecular complexity index is 1290. The molecule has 0 atom stereocenters. The molecule has 1 amide bonds. The van der Waals surface area contributed by atoms with Crippen molar-refractivity contribution in [3.63, 3.8) is 0 Å². The third-order valence-corrected chi connectivity index (χ3v) is 6.90. The molecule has 35 heavy (non-hydrogen) atoms. The second kappa shape index (κ2) is 10.4. The predicted octanol–water partition coefficient (Wildman–Crippen LogP) is 4.88. The van der Waals surface area contributed by atoms with E-state index >= 15 is 0 Å². The summed E-state index contributed by atoms with van der Waals surface area (Å²) in [6.07, 6.45) is 4.91. The monoisotopic (exact) mass is 471 g/mol. The second-order valence-corrected chi connectivity index (χ2v) is 9.31. The third-order valence-electron chi connectivity index (χ3n) is 6.90. The van der Waals surface area contributed by atoms with E-state index in [1.807, 2.05) is 13.0 Å². The van der Waals surface area contributed by atoms with Crippen molar-refractivity contribution in [2.75, 3.05) is 19.6 Å². The molecule has 6 nitrogen and oxygen atoms in total. The van der Waals surface area contributed by atoms with Crippen LogP contribution in [0.5, 0.6) is 0 Å². The fraction of sp³-hybridized carbons (Fsp3) is 0.321. The van der Waals surface area contributed by atoms with Crippen molar-refractivity contribution < 1.29 is 9.18 Å². The number of benzene rings is 2. The number of nitrogens with zero attached hydrogens (tertiary/aromatic N) is 4. The van der Waals surface area contributed by atoms with Gasteiger partial charge in [0.05, 0.1) is 17.0 Å². The van der Waals surface area contributed by atoms with Crippen molar-refractivity contribution in [2.24, 2.45) is 5.92 Å². The third kappa shape index (κ3) is 5.41. The molecule has 3 heterocycles. The zero-order valence-corrected chi connectivity index (χ0v) is 20.0. The van der Waals surface area contributed by atoms with Gasteiger partial charge in [-0.1, -0.05) is 30.3 Å². The molecule has 0 radical (unpaired) electrons. The molecule has 0 bridgehead atoms.